The summed E-state index contributed by atoms with van der Waals surface area (Å²) in [5.41, 5.74) is 4.68. The average Bonchev–Trinajstić information content (AvgIpc) is 3.14. The quantitative estimate of drug-likeness (QED) is 0.944. The largest absolute Gasteiger partial charge is 0.362 e. The van der Waals surface area contributed by atoms with Crippen LogP contribution in [-0.2, 0) is 11.2 Å². The Bertz CT molecular complexity index is 639. The molecule has 21 heavy (non-hydrogen) atoms. The fourth-order valence-corrected chi connectivity index (χ4v) is 3.55. The monoisotopic (exact) mass is 301 g/mol. The van der Waals surface area contributed by atoms with Crippen molar-refractivity contribution >= 4 is 22.9 Å². The molecule has 2 aromatic rings. The molecule has 1 aliphatic heterocycles. The third-order valence-corrected chi connectivity index (χ3v) is 4.65. The van der Waals surface area contributed by atoms with Gasteiger partial charge in [0.05, 0.1) is 23.8 Å². The second-order valence-electron chi connectivity index (χ2n) is 5.37. The average molecular weight is 301 g/mol. The number of anilines is 1. The number of nitrogens with zero attached hydrogens (tertiary/aromatic N) is 2. The number of carbonyl (C=O) groups is 1. The highest BCUT2D eigenvalue weighted by atomic mass is 32.1. The molecule has 1 aliphatic rings. The predicted molar refractivity (Wildman–Crippen MR) is 85.8 cm³/mol. The molecular formula is C16H19N3OS. The van der Waals surface area contributed by atoms with E-state index < -0.39 is 0 Å². The molecule has 5 heteroatoms. The first-order valence-electron chi connectivity index (χ1n) is 7.14. The minimum Gasteiger partial charge on any atom is -0.362 e. The van der Waals surface area contributed by atoms with E-state index in [-0.39, 0.29) is 11.9 Å². The number of hydrogen-bond donors (Lipinski definition) is 1. The molecule has 3 heterocycles. The minimum atomic E-state index is 0.0697. The van der Waals surface area contributed by atoms with Crippen molar-refractivity contribution in [3.8, 4) is 0 Å². The second-order valence-corrected chi connectivity index (χ2v) is 6.15. The lowest BCUT2D eigenvalue weighted by Gasteiger charge is -2.29. The van der Waals surface area contributed by atoms with E-state index in [4.69, 9.17) is 0 Å². The van der Waals surface area contributed by atoms with Crippen LogP contribution < -0.4 is 10.2 Å². The van der Waals surface area contributed by atoms with E-state index in [1.807, 2.05) is 6.20 Å². The van der Waals surface area contributed by atoms with Crippen LogP contribution in [0.25, 0.3) is 0 Å². The lowest BCUT2D eigenvalue weighted by molar-refractivity contribution is -0.121. The van der Waals surface area contributed by atoms with Crippen LogP contribution in [0.1, 0.15) is 29.3 Å². The van der Waals surface area contributed by atoms with Gasteiger partial charge in [0.25, 0.3) is 0 Å². The summed E-state index contributed by atoms with van der Waals surface area (Å²) in [4.78, 5) is 18.8. The fourth-order valence-electron chi connectivity index (χ4n) is 2.84. The van der Waals surface area contributed by atoms with Crippen LogP contribution in [0.2, 0.25) is 0 Å². The summed E-state index contributed by atoms with van der Waals surface area (Å²) in [6.45, 7) is 2.98. The molecule has 0 aromatic carbocycles. The Balaban J connectivity index is 1.95. The normalized spacial score (nSPS) is 14.9. The zero-order valence-corrected chi connectivity index (χ0v) is 13.1. The molecule has 0 fully saturated rings. The fraction of sp³-hybridized carbons (Fsp3) is 0.375. The Labute approximate surface area is 128 Å². The minimum absolute atomic E-state index is 0.0697. The van der Waals surface area contributed by atoms with Gasteiger partial charge in [0.1, 0.15) is 0 Å². The molecule has 3 rings (SSSR count). The van der Waals surface area contributed by atoms with E-state index >= 15 is 0 Å². The molecule has 1 N–H and O–H groups in total. The predicted octanol–water partition coefficient (Wildman–Crippen LogP) is 2.69. The van der Waals surface area contributed by atoms with Gasteiger partial charge in [0, 0.05) is 26.2 Å². The summed E-state index contributed by atoms with van der Waals surface area (Å²) in [6.07, 6.45) is 3.34. The first kappa shape index (κ1) is 14.1. The maximum atomic E-state index is 11.9. The Morgan fingerprint density at radius 3 is 3.14 bits per heavy atom. The molecule has 1 amide bonds. The number of rotatable bonds is 4. The molecule has 0 unspecified atom stereocenters. The Hall–Kier alpha value is -1.88. The van der Waals surface area contributed by atoms with Crippen LogP contribution in [0.5, 0.6) is 0 Å². The first-order valence-corrected chi connectivity index (χ1v) is 8.08. The van der Waals surface area contributed by atoms with Crippen molar-refractivity contribution in [1.82, 2.24) is 10.3 Å². The Kier molecular flexibility index (Phi) is 3.92. The van der Waals surface area contributed by atoms with Gasteiger partial charge in [-0.05, 0) is 40.9 Å². The van der Waals surface area contributed by atoms with Crippen LogP contribution in [0.15, 0.2) is 29.1 Å². The van der Waals surface area contributed by atoms with Crippen LogP contribution in [0.3, 0.4) is 0 Å². The molecule has 110 valence electrons. The summed E-state index contributed by atoms with van der Waals surface area (Å²) in [7, 11) is 1.69. The van der Waals surface area contributed by atoms with Crippen LogP contribution in [0.4, 0.5) is 5.69 Å². The molecule has 0 spiro atoms. The highest BCUT2D eigenvalue weighted by Crippen LogP contribution is 2.36. The molecule has 0 radical (unpaired) electrons. The van der Waals surface area contributed by atoms with E-state index in [0.717, 1.165) is 24.2 Å². The van der Waals surface area contributed by atoms with Crippen LogP contribution in [0, 0.1) is 6.92 Å². The third-order valence-electron chi connectivity index (χ3n) is 3.94. The van der Waals surface area contributed by atoms with Crippen molar-refractivity contribution in [2.24, 2.45) is 0 Å². The highest BCUT2D eigenvalue weighted by Gasteiger charge is 2.29. The highest BCUT2D eigenvalue weighted by molar-refractivity contribution is 7.08. The van der Waals surface area contributed by atoms with Gasteiger partial charge in [-0.2, -0.15) is 11.3 Å². The van der Waals surface area contributed by atoms with E-state index in [2.05, 4.69) is 45.0 Å². The number of thiophene rings is 1. The van der Waals surface area contributed by atoms with Crippen molar-refractivity contribution in [1.29, 1.82) is 0 Å². The number of aryl methyl sites for hydroxylation is 1. The van der Waals surface area contributed by atoms with E-state index in [0.29, 0.717) is 6.42 Å². The molecule has 0 saturated carbocycles. The van der Waals surface area contributed by atoms with Crippen molar-refractivity contribution in [3.05, 3.63) is 45.9 Å². The Morgan fingerprint density at radius 1 is 1.57 bits per heavy atom. The van der Waals surface area contributed by atoms with Crippen molar-refractivity contribution < 1.29 is 4.79 Å². The van der Waals surface area contributed by atoms with E-state index in [9.17, 15) is 4.79 Å². The summed E-state index contributed by atoms with van der Waals surface area (Å²) >= 11 is 1.67. The number of carbonyl (C=O) groups excluding carboxylic acids is 1. The molecule has 0 aliphatic carbocycles. The number of amides is 1. The number of fused-ring (bicyclic) bond motifs is 1. The molecule has 4 nitrogen and oxygen atoms in total. The molecule has 0 saturated heterocycles. The second kappa shape index (κ2) is 5.85. The van der Waals surface area contributed by atoms with Crippen molar-refractivity contribution in [2.45, 2.75) is 25.8 Å². The molecular weight excluding hydrogens is 282 g/mol. The number of hydrogen-bond acceptors (Lipinski definition) is 4. The van der Waals surface area contributed by atoms with Gasteiger partial charge in [-0.25, -0.2) is 0 Å². The lowest BCUT2D eigenvalue weighted by atomic mass is 10.0. The van der Waals surface area contributed by atoms with Gasteiger partial charge in [-0.15, -0.1) is 0 Å². The van der Waals surface area contributed by atoms with Gasteiger partial charge >= 0.3 is 0 Å². The molecule has 1 atom stereocenters. The SMILES string of the molecule is CNC(=O)C[C@H](c1ccsc1)N1CCc2ncc(C)cc21. The smallest absolute Gasteiger partial charge is 0.222 e. The lowest BCUT2D eigenvalue weighted by Crippen LogP contribution is -2.31. The van der Waals surface area contributed by atoms with E-state index in [1.54, 1.807) is 18.4 Å². The summed E-state index contributed by atoms with van der Waals surface area (Å²) < 4.78 is 0. The topological polar surface area (TPSA) is 45.2 Å². The van der Waals surface area contributed by atoms with Crippen LogP contribution in [-0.4, -0.2) is 24.5 Å². The van der Waals surface area contributed by atoms with Gasteiger partial charge in [-0.1, -0.05) is 0 Å². The van der Waals surface area contributed by atoms with Crippen LogP contribution >= 0.6 is 11.3 Å². The first-order chi connectivity index (χ1) is 10.2. The standard InChI is InChI=1S/C16H19N3OS/c1-11-7-15-13(18-9-11)3-5-19(15)14(8-16(20)17-2)12-4-6-21-10-12/h4,6-7,9-10,14H,3,5,8H2,1-2H3,(H,17,20)/t14-/m1/s1. The summed E-state index contributed by atoms with van der Waals surface area (Å²) in [6, 6.07) is 4.37. The van der Waals surface area contributed by atoms with Gasteiger partial charge in [-0.3, -0.25) is 9.78 Å². The third kappa shape index (κ3) is 2.78. The number of nitrogens with one attached hydrogen (secondary N) is 1. The maximum Gasteiger partial charge on any atom is 0.222 e. The summed E-state index contributed by atoms with van der Waals surface area (Å²) in [5, 5.41) is 6.94. The Morgan fingerprint density at radius 2 is 2.43 bits per heavy atom. The maximum absolute atomic E-state index is 11.9. The van der Waals surface area contributed by atoms with Crippen molar-refractivity contribution in [3.63, 3.8) is 0 Å². The molecule has 2 aromatic heterocycles. The van der Waals surface area contributed by atoms with Crippen molar-refractivity contribution in [2.75, 3.05) is 18.5 Å². The zero-order chi connectivity index (χ0) is 14.8. The van der Waals surface area contributed by atoms with E-state index in [1.165, 1.54) is 11.3 Å². The molecule has 0 bridgehead atoms. The number of pyridine rings is 1. The summed E-state index contributed by atoms with van der Waals surface area (Å²) in [5.74, 6) is 0.0697. The van der Waals surface area contributed by atoms with Gasteiger partial charge in [0.2, 0.25) is 5.91 Å². The van der Waals surface area contributed by atoms with Gasteiger partial charge < -0.3 is 10.2 Å². The van der Waals surface area contributed by atoms with Gasteiger partial charge in [0.15, 0.2) is 0 Å². The zero-order valence-electron chi connectivity index (χ0n) is 12.3. The number of aromatic nitrogens is 1.